The molecule has 2 N–H and O–H groups in total. The highest BCUT2D eigenvalue weighted by atomic mass is 19.4. The molecule has 1 fully saturated rings. The predicted molar refractivity (Wildman–Crippen MR) is 109 cm³/mol. The maximum Gasteiger partial charge on any atom is 0.418 e. The number of hydrogen-bond acceptors (Lipinski definition) is 6. The number of anilines is 2. The number of hydrogen-bond donors (Lipinski definition) is 1. The summed E-state index contributed by atoms with van der Waals surface area (Å²) in [7, 11) is 2.06. The van der Waals surface area contributed by atoms with Gasteiger partial charge in [-0.3, -0.25) is 0 Å². The quantitative estimate of drug-likeness (QED) is 0.816. The third-order valence-corrected chi connectivity index (χ3v) is 6.03. The van der Waals surface area contributed by atoms with Crippen molar-refractivity contribution in [2.24, 2.45) is 0 Å². The Morgan fingerprint density at radius 2 is 2.03 bits per heavy atom. The number of aryl methyl sites for hydroxylation is 1. The molecule has 0 unspecified atom stereocenters. The van der Waals surface area contributed by atoms with E-state index < -0.39 is 11.7 Å². The van der Waals surface area contributed by atoms with Crippen molar-refractivity contribution >= 4 is 11.5 Å². The van der Waals surface area contributed by atoms with Crippen LogP contribution >= 0.6 is 0 Å². The molecule has 6 nitrogen and oxygen atoms in total. The summed E-state index contributed by atoms with van der Waals surface area (Å²) in [6, 6.07) is 5.14. The molecule has 0 spiro atoms. The van der Waals surface area contributed by atoms with Gasteiger partial charge in [-0.05, 0) is 51.4 Å². The second-order valence-corrected chi connectivity index (χ2v) is 8.04. The van der Waals surface area contributed by atoms with Gasteiger partial charge in [0.1, 0.15) is 12.4 Å². The van der Waals surface area contributed by atoms with Crippen molar-refractivity contribution in [3.8, 4) is 6.01 Å². The van der Waals surface area contributed by atoms with Crippen LogP contribution < -0.4 is 15.4 Å². The van der Waals surface area contributed by atoms with Crippen molar-refractivity contribution in [1.29, 1.82) is 0 Å². The van der Waals surface area contributed by atoms with Crippen LogP contribution in [0.2, 0.25) is 0 Å². The number of nitrogen functional groups attached to an aromatic ring is 1. The van der Waals surface area contributed by atoms with Crippen molar-refractivity contribution < 1.29 is 17.9 Å². The molecule has 3 heterocycles. The summed E-state index contributed by atoms with van der Waals surface area (Å²) in [4.78, 5) is 12.7. The molecule has 0 bridgehead atoms. The average Bonchev–Trinajstić information content (AvgIpc) is 3.09. The molecule has 1 saturated heterocycles. The van der Waals surface area contributed by atoms with Crippen LogP contribution in [0.5, 0.6) is 6.01 Å². The molecule has 4 rings (SSSR count). The molecule has 2 aliphatic rings. The highest BCUT2D eigenvalue weighted by Crippen LogP contribution is 2.40. The maximum absolute atomic E-state index is 13.7. The zero-order valence-corrected chi connectivity index (χ0v) is 17.2. The normalized spacial score (nSPS) is 19.8. The largest absolute Gasteiger partial charge is 0.462 e. The Morgan fingerprint density at radius 1 is 1.23 bits per heavy atom. The van der Waals surface area contributed by atoms with Gasteiger partial charge < -0.3 is 20.3 Å². The van der Waals surface area contributed by atoms with Crippen LogP contribution in [0.3, 0.4) is 0 Å². The van der Waals surface area contributed by atoms with Crippen molar-refractivity contribution in [2.45, 2.75) is 44.9 Å². The van der Waals surface area contributed by atoms with E-state index >= 15 is 0 Å². The van der Waals surface area contributed by atoms with Gasteiger partial charge >= 0.3 is 12.2 Å². The summed E-state index contributed by atoms with van der Waals surface area (Å²) in [5, 5.41) is 0. The van der Waals surface area contributed by atoms with Gasteiger partial charge in [-0.15, -0.1) is 0 Å². The monoisotopic (exact) mass is 421 g/mol. The topological polar surface area (TPSA) is 67.5 Å². The lowest BCUT2D eigenvalue weighted by Gasteiger charge is -2.33. The zero-order valence-electron chi connectivity index (χ0n) is 17.2. The molecule has 0 amide bonds. The SMILES string of the molecule is Cc1cccc(N2CCc3c(N)nc(OC[C@@H]4CCCN4C)nc3C2)c1C(F)(F)F. The zero-order chi connectivity index (χ0) is 21.5. The third kappa shape index (κ3) is 4.03. The molecule has 30 heavy (non-hydrogen) atoms. The summed E-state index contributed by atoms with van der Waals surface area (Å²) in [6.07, 6.45) is -1.76. The van der Waals surface area contributed by atoms with Gasteiger partial charge in [-0.2, -0.15) is 23.1 Å². The Hall–Kier alpha value is -2.55. The number of ether oxygens (including phenoxy) is 1. The van der Waals surface area contributed by atoms with E-state index in [-0.39, 0.29) is 23.8 Å². The number of likely N-dealkylation sites (tertiary alicyclic amines) is 1. The smallest absolute Gasteiger partial charge is 0.418 e. The van der Waals surface area contributed by atoms with Crippen LogP contribution in [0.4, 0.5) is 24.7 Å². The summed E-state index contributed by atoms with van der Waals surface area (Å²) in [6.45, 7) is 3.63. The lowest BCUT2D eigenvalue weighted by atomic mass is 10.0. The molecular formula is C21H26F3N5O. The first-order valence-corrected chi connectivity index (χ1v) is 10.1. The Balaban J connectivity index is 1.58. The van der Waals surface area contributed by atoms with Gasteiger partial charge in [0.15, 0.2) is 0 Å². The van der Waals surface area contributed by atoms with Crippen LogP contribution in [0.15, 0.2) is 18.2 Å². The number of nitrogens with zero attached hydrogens (tertiary/aromatic N) is 4. The number of likely N-dealkylation sites (N-methyl/N-ethyl adjacent to an activating group) is 1. The van der Waals surface area contributed by atoms with Gasteiger partial charge in [0.2, 0.25) is 0 Å². The Bertz CT molecular complexity index is 934. The molecule has 1 atom stereocenters. The van der Waals surface area contributed by atoms with E-state index in [2.05, 4.69) is 21.9 Å². The number of aromatic nitrogens is 2. The summed E-state index contributed by atoms with van der Waals surface area (Å²) in [5.41, 5.74) is 7.31. The molecule has 1 aromatic heterocycles. The van der Waals surface area contributed by atoms with E-state index in [1.807, 2.05) is 0 Å². The lowest BCUT2D eigenvalue weighted by molar-refractivity contribution is -0.137. The minimum Gasteiger partial charge on any atom is -0.462 e. The maximum atomic E-state index is 13.7. The standard InChI is InChI=1S/C21H26F3N5O/c1-13-5-3-7-17(18(13)21(22,23)24)29-10-8-15-16(11-29)26-20(27-19(15)25)30-12-14-6-4-9-28(14)2/h3,5,7,14H,4,6,8-12H2,1-2H3,(H2,25,26,27)/t14-/m0/s1. The number of fused-ring (bicyclic) bond motifs is 1. The average molecular weight is 421 g/mol. The number of benzene rings is 1. The molecule has 2 aliphatic heterocycles. The first kappa shape index (κ1) is 20.7. The van der Waals surface area contributed by atoms with Crippen molar-refractivity contribution in [1.82, 2.24) is 14.9 Å². The molecule has 0 saturated carbocycles. The van der Waals surface area contributed by atoms with Crippen molar-refractivity contribution in [3.63, 3.8) is 0 Å². The number of rotatable bonds is 4. The molecule has 162 valence electrons. The van der Waals surface area contributed by atoms with E-state index in [0.717, 1.165) is 24.9 Å². The van der Waals surface area contributed by atoms with Crippen LogP contribution in [0.25, 0.3) is 0 Å². The molecule has 0 aliphatic carbocycles. The number of alkyl halides is 3. The van der Waals surface area contributed by atoms with E-state index in [1.165, 1.54) is 19.1 Å². The van der Waals surface area contributed by atoms with Crippen LogP contribution in [-0.2, 0) is 19.1 Å². The first-order valence-electron chi connectivity index (χ1n) is 10.1. The van der Waals surface area contributed by atoms with Gasteiger partial charge in [0, 0.05) is 23.8 Å². The molecule has 0 radical (unpaired) electrons. The fourth-order valence-corrected chi connectivity index (χ4v) is 4.35. The highest BCUT2D eigenvalue weighted by molar-refractivity contribution is 5.60. The van der Waals surface area contributed by atoms with E-state index in [4.69, 9.17) is 10.5 Å². The Morgan fingerprint density at radius 3 is 2.73 bits per heavy atom. The van der Waals surface area contributed by atoms with Gasteiger partial charge in [-0.1, -0.05) is 12.1 Å². The molecule has 9 heteroatoms. The van der Waals surface area contributed by atoms with E-state index in [9.17, 15) is 13.2 Å². The molecule has 2 aromatic rings. The van der Waals surface area contributed by atoms with Crippen LogP contribution in [0.1, 0.15) is 35.2 Å². The van der Waals surface area contributed by atoms with E-state index in [0.29, 0.717) is 37.1 Å². The summed E-state index contributed by atoms with van der Waals surface area (Å²) >= 11 is 0. The van der Waals surface area contributed by atoms with Gasteiger partial charge in [-0.25, -0.2) is 0 Å². The predicted octanol–water partition coefficient (Wildman–Crippen LogP) is 3.42. The van der Waals surface area contributed by atoms with Crippen molar-refractivity contribution in [3.05, 3.63) is 40.6 Å². The van der Waals surface area contributed by atoms with E-state index in [1.54, 1.807) is 11.0 Å². The Kier molecular flexibility index (Phi) is 5.48. The molecular weight excluding hydrogens is 395 g/mol. The lowest BCUT2D eigenvalue weighted by Crippen LogP contribution is -2.34. The molecule has 1 aromatic carbocycles. The fourth-order valence-electron chi connectivity index (χ4n) is 4.35. The minimum atomic E-state index is -4.42. The minimum absolute atomic E-state index is 0.167. The van der Waals surface area contributed by atoms with Crippen molar-refractivity contribution in [2.75, 3.05) is 37.4 Å². The number of halogens is 3. The second kappa shape index (κ2) is 7.94. The van der Waals surface area contributed by atoms with Crippen LogP contribution in [0, 0.1) is 6.92 Å². The highest BCUT2D eigenvalue weighted by Gasteiger charge is 2.37. The van der Waals surface area contributed by atoms with Gasteiger partial charge in [0.05, 0.1) is 17.8 Å². The second-order valence-electron chi connectivity index (χ2n) is 8.04. The third-order valence-electron chi connectivity index (χ3n) is 6.03. The van der Waals surface area contributed by atoms with Gasteiger partial charge in [0.25, 0.3) is 0 Å². The summed E-state index contributed by atoms with van der Waals surface area (Å²) in [5.74, 6) is 0.342. The van der Waals surface area contributed by atoms with Crippen LogP contribution in [-0.4, -0.2) is 47.7 Å². The first-order chi connectivity index (χ1) is 14.2. The fraction of sp³-hybridized carbons (Fsp3) is 0.524. The Labute approximate surface area is 173 Å². The number of nitrogens with two attached hydrogens (primary N) is 1. The summed E-state index contributed by atoms with van der Waals surface area (Å²) < 4.78 is 46.8.